The number of benzene rings is 1. The van der Waals surface area contributed by atoms with Gasteiger partial charge in [0, 0.05) is 25.0 Å². The number of hydrogen-bond acceptors (Lipinski definition) is 2. The van der Waals surface area contributed by atoms with Crippen molar-refractivity contribution in [1.82, 2.24) is 4.31 Å². The molecule has 0 aromatic heterocycles. The van der Waals surface area contributed by atoms with Gasteiger partial charge < -0.3 is 0 Å². The molecule has 1 aliphatic rings. The molecular formula is C9H8F3NS. The van der Waals surface area contributed by atoms with Crippen LogP contribution in [0.4, 0.5) is 13.2 Å². The first-order chi connectivity index (χ1) is 6.54. The first-order valence-electron chi connectivity index (χ1n) is 4.12. The molecule has 0 unspecified atom stereocenters. The zero-order chi connectivity index (χ0) is 10.2. The first kappa shape index (κ1) is 9.86. The summed E-state index contributed by atoms with van der Waals surface area (Å²) in [6.07, 6.45) is 0. The average molecular weight is 219 g/mol. The largest absolute Gasteiger partial charge is 0.456 e. The SMILES string of the molecule is FC(F)(F)SN1Cc2ccccc2C1. The lowest BCUT2D eigenvalue weighted by atomic mass is 10.1. The summed E-state index contributed by atoms with van der Waals surface area (Å²) in [5.74, 6) is 0. The highest BCUT2D eigenvalue weighted by Crippen LogP contribution is 2.38. The zero-order valence-corrected chi connectivity index (χ0v) is 8.03. The van der Waals surface area contributed by atoms with Crippen LogP contribution in [0, 0.1) is 0 Å². The van der Waals surface area contributed by atoms with Crippen molar-refractivity contribution < 1.29 is 13.2 Å². The van der Waals surface area contributed by atoms with Crippen molar-refractivity contribution in [2.75, 3.05) is 0 Å². The van der Waals surface area contributed by atoms with Crippen molar-refractivity contribution in [2.24, 2.45) is 0 Å². The molecule has 0 atom stereocenters. The molecule has 0 saturated carbocycles. The summed E-state index contributed by atoms with van der Waals surface area (Å²) in [4.78, 5) is 0. The topological polar surface area (TPSA) is 3.24 Å². The van der Waals surface area contributed by atoms with E-state index in [0.29, 0.717) is 13.1 Å². The third-order valence-corrected chi connectivity index (χ3v) is 2.77. The monoisotopic (exact) mass is 219 g/mol. The van der Waals surface area contributed by atoms with E-state index in [2.05, 4.69) is 0 Å². The van der Waals surface area contributed by atoms with Crippen LogP contribution >= 0.6 is 11.9 Å². The molecule has 0 N–H and O–H groups in total. The van der Waals surface area contributed by atoms with E-state index in [0.717, 1.165) is 11.1 Å². The Morgan fingerprint density at radius 1 is 1.07 bits per heavy atom. The Balaban J connectivity index is 2.05. The number of alkyl halides is 3. The molecule has 2 rings (SSSR count). The first-order valence-corrected chi connectivity index (χ1v) is 4.89. The maximum absolute atomic E-state index is 12.1. The van der Waals surface area contributed by atoms with Gasteiger partial charge in [0.1, 0.15) is 0 Å². The molecule has 1 aromatic rings. The van der Waals surface area contributed by atoms with Crippen LogP contribution in [0.25, 0.3) is 0 Å². The van der Waals surface area contributed by atoms with Gasteiger partial charge in [-0.05, 0) is 11.1 Å². The maximum Gasteiger partial charge on any atom is 0.456 e. The van der Waals surface area contributed by atoms with E-state index in [1.165, 1.54) is 4.31 Å². The maximum atomic E-state index is 12.1. The Bertz CT molecular complexity index is 312. The Labute approximate surface area is 84.0 Å². The molecule has 14 heavy (non-hydrogen) atoms. The lowest BCUT2D eigenvalue weighted by Crippen LogP contribution is -2.14. The van der Waals surface area contributed by atoms with Crippen LogP contribution in [-0.4, -0.2) is 9.81 Å². The van der Waals surface area contributed by atoms with Crippen molar-refractivity contribution in [3.05, 3.63) is 35.4 Å². The van der Waals surface area contributed by atoms with E-state index in [9.17, 15) is 13.2 Å². The standard InChI is InChI=1S/C9H8F3NS/c10-9(11,12)14-13-5-7-3-1-2-4-8(7)6-13/h1-4H,5-6H2. The second-order valence-corrected chi connectivity index (χ2v) is 4.27. The predicted octanol–water partition coefficient (Wildman–Crippen LogP) is 3.17. The van der Waals surface area contributed by atoms with Gasteiger partial charge in [0.2, 0.25) is 0 Å². The number of halogens is 3. The summed E-state index contributed by atoms with van der Waals surface area (Å²) < 4.78 is 37.5. The Hall–Kier alpha value is -0.680. The number of hydrogen-bond donors (Lipinski definition) is 0. The predicted molar refractivity (Wildman–Crippen MR) is 49.3 cm³/mol. The lowest BCUT2D eigenvalue weighted by Gasteiger charge is -2.14. The van der Waals surface area contributed by atoms with Gasteiger partial charge in [0.15, 0.2) is 0 Å². The van der Waals surface area contributed by atoms with Gasteiger partial charge in [0.05, 0.1) is 0 Å². The molecule has 0 fully saturated rings. The molecule has 0 aliphatic carbocycles. The Kier molecular flexibility index (Phi) is 2.45. The molecule has 0 bridgehead atoms. The molecule has 1 aliphatic heterocycles. The van der Waals surface area contributed by atoms with E-state index < -0.39 is 5.51 Å². The molecule has 1 aromatic carbocycles. The van der Waals surface area contributed by atoms with Gasteiger partial charge in [-0.2, -0.15) is 13.2 Å². The number of rotatable bonds is 1. The summed E-state index contributed by atoms with van der Waals surface area (Å²) in [5, 5.41) is 0. The lowest BCUT2D eigenvalue weighted by molar-refractivity contribution is -0.0363. The summed E-state index contributed by atoms with van der Waals surface area (Å²) in [6.45, 7) is 0.751. The highest BCUT2D eigenvalue weighted by atomic mass is 32.2. The highest BCUT2D eigenvalue weighted by molar-refractivity contribution is 7.97. The molecular weight excluding hydrogens is 211 g/mol. The van der Waals surface area contributed by atoms with E-state index in [1.54, 1.807) is 0 Å². The van der Waals surface area contributed by atoms with Crippen LogP contribution in [0.1, 0.15) is 11.1 Å². The quantitative estimate of drug-likeness (QED) is 0.667. The fourth-order valence-corrected chi connectivity index (χ4v) is 2.21. The summed E-state index contributed by atoms with van der Waals surface area (Å²) in [7, 11) is 0. The van der Waals surface area contributed by atoms with E-state index in [-0.39, 0.29) is 11.9 Å². The van der Waals surface area contributed by atoms with E-state index in [4.69, 9.17) is 0 Å². The van der Waals surface area contributed by atoms with Crippen molar-refractivity contribution in [1.29, 1.82) is 0 Å². The average Bonchev–Trinajstić information content (AvgIpc) is 2.42. The van der Waals surface area contributed by atoms with Crippen molar-refractivity contribution in [3.8, 4) is 0 Å². The molecule has 0 radical (unpaired) electrons. The normalized spacial score (nSPS) is 17.1. The van der Waals surface area contributed by atoms with Crippen molar-refractivity contribution >= 4 is 11.9 Å². The summed E-state index contributed by atoms with van der Waals surface area (Å²) >= 11 is -0.0457. The highest BCUT2D eigenvalue weighted by Gasteiger charge is 2.34. The van der Waals surface area contributed by atoms with Gasteiger partial charge in [-0.1, -0.05) is 24.3 Å². The van der Waals surface area contributed by atoms with Crippen LogP contribution in [-0.2, 0) is 13.1 Å². The third-order valence-electron chi connectivity index (χ3n) is 2.04. The van der Waals surface area contributed by atoms with Gasteiger partial charge in [0.25, 0.3) is 0 Å². The molecule has 5 heteroatoms. The molecule has 1 heterocycles. The Morgan fingerprint density at radius 2 is 1.57 bits per heavy atom. The van der Waals surface area contributed by atoms with Crippen LogP contribution < -0.4 is 0 Å². The van der Waals surface area contributed by atoms with Crippen LogP contribution in [0.15, 0.2) is 24.3 Å². The second-order valence-electron chi connectivity index (χ2n) is 3.10. The van der Waals surface area contributed by atoms with Crippen LogP contribution in [0.3, 0.4) is 0 Å². The van der Waals surface area contributed by atoms with Gasteiger partial charge >= 0.3 is 5.51 Å². The molecule has 76 valence electrons. The van der Waals surface area contributed by atoms with Crippen molar-refractivity contribution in [3.63, 3.8) is 0 Å². The molecule has 1 nitrogen and oxygen atoms in total. The fourth-order valence-electron chi connectivity index (χ4n) is 1.51. The second kappa shape index (κ2) is 3.47. The zero-order valence-electron chi connectivity index (χ0n) is 7.21. The van der Waals surface area contributed by atoms with Crippen molar-refractivity contribution in [2.45, 2.75) is 18.6 Å². The minimum Gasteiger partial charge on any atom is -0.234 e. The summed E-state index contributed by atoms with van der Waals surface area (Å²) in [5.41, 5.74) is -2.20. The molecule has 0 spiro atoms. The fraction of sp³-hybridized carbons (Fsp3) is 0.333. The minimum atomic E-state index is -4.18. The van der Waals surface area contributed by atoms with Gasteiger partial charge in [-0.15, -0.1) is 0 Å². The van der Waals surface area contributed by atoms with Gasteiger partial charge in [-0.25, -0.2) is 4.31 Å². The smallest absolute Gasteiger partial charge is 0.234 e. The van der Waals surface area contributed by atoms with E-state index >= 15 is 0 Å². The minimum absolute atomic E-state index is 0.0457. The third kappa shape index (κ3) is 2.22. The van der Waals surface area contributed by atoms with Gasteiger partial charge in [-0.3, -0.25) is 0 Å². The number of fused-ring (bicyclic) bond motifs is 1. The van der Waals surface area contributed by atoms with E-state index in [1.807, 2.05) is 24.3 Å². The van der Waals surface area contributed by atoms with Crippen LogP contribution in [0.2, 0.25) is 0 Å². The molecule has 0 saturated heterocycles. The molecule has 0 amide bonds. The summed E-state index contributed by atoms with van der Waals surface area (Å²) in [6, 6.07) is 7.43. The van der Waals surface area contributed by atoms with Crippen LogP contribution in [0.5, 0.6) is 0 Å². The Morgan fingerprint density at radius 3 is 2.00 bits per heavy atom. The number of nitrogens with zero attached hydrogens (tertiary/aromatic N) is 1.